The first-order valence-corrected chi connectivity index (χ1v) is 11.8. The van der Waals surface area contributed by atoms with Gasteiger partial charge in [-0.25, -0.2) is 18.5 Å². The van der Waals surface area contributed by atoms with E-state index in [2.05, 4.69) is 13.1 Å². The van der Waals surface area contributed by atoms with Crippen molar-refractivity contribution in [3.8, 4) is 0 Å². The van der Waals surface area contributed by atoms with Gasteiger partial charge in [-0.2, -0.15) is 8.62 Å². The second-order valence-electron chi connectivity index (χ2n) is 5.57. The van der Waals surface area contributed by atoms with Crippen LogP contribution in [0.1, 0.15) is 12.6 Å². The Labute approximate surface area is 160 Å². The van der Waals surface area contributed by atoms with E-state index in [4.69, 9.17) is 25.2 Å². The molecule has 0 radical (unpaired) electrons. The monoisotopic (exact) mass is 483 g/mol. The Balaban J connectivity index is 2.03. The zero-order valence-electron chi connectivity index (χ0n) is 14.0. The van der Waals surface area contributed by atoms with Gasteiger partial charge in [-0.1, -0.05) is 0 Å². The number of nitrogen functional groups attached to an aromatic ring is 1. The second kappa shape index (κ2) is 8.51. The predicted molar refractivity (Wildman–Crippen MR) is 90.1 cm³/mol. The first kappa shape index (κ1) is 24.1. The Kier molecular flexibility index (Phi) is 7.07. The molecule has 2 unspecified atom stereocenters. The lowest BCUT2D eigenvalue weighted by molar-refractivity contribution is -0.0449. The minimum Gasteiger partial charge on any atom is -0.393 e. The van der Waals surface area contributed by atoms with E-state index in [-0.39, 0.29) is 12.1 Å². The Bertz CT molecular complexity index is 1010. The molecule has 0 saturated carbocycles. The summed E-state index contributed by atoms with van der Waals surface area (Å²) >= 11 is 0. The van der Waals surface area contributed by atoms with Gasteiger partial charge in [0.1, 0.15) is 18.0 Å². The number of nitrogens with one attached hydrogen (secondary N) is 1. The van der Waals surface area contributed by atoms with Crippen LogP contribution in [0.15, 0.2) is 15.8 Å². The lowest BCUT2D eigenvalue weighted by Gasteiger charge is -2.19. The van der Waals surface area contributed by atoms with Gasteiger partial charge in [-0.15, -0.1) is 0 Å². The highest BCUT2D eigenvalue weighted by atomic mass is 31.3. The molecule has 5 atom stereocenters. The summed E-state index contributed by atoms with van der Waals surface area (Å²) in [6.07, 6.45) is -3.11. The number of nitrogens with zero attached hydrogens (tertiary/aromatic N) is 1. The summed E-state index contributed by atoms with van der Waals surface area (Å²) < 4.78 is 51.0. The zero-order valence-corrected chi connectivity index (χ0v) is 16.7. The fourth-order valence-corrected chi connectivity index (χ4v) is 5.25. The molecule has 20 heteroatoms. The molecule has 29 heavy (non-hydrogen) atoms. The number of hydrogen-bond acceptors (Lipinski definition) is 11. The molecule has 2 rings (SSSR count). The molecule has 1 aromatic heterocycles. The van der Waals surface area contributed by atoms with Crippen LogP contribution in [0, 0.1) is 0 Å². The maximum Gasteiger partial charge on any atom is 0.490 e. The quantitative estimate of drug-likeness (QED) is 0.199. The van der Waals surface area contributed by atoms with Crippen LogP contribution >= 0.6 is 23.5 Å². The summed E-state index contributed by atoms with van der Waals surface area (Å²) in [6.45, 7) is -0.908. The van der Waals surface area contributed by atoms with E-state index >= 15 is 0 Å². The third-order valence-corrected chi connectivity index (χ3v) is 7.13. The molecular weight excluding hydrogens is 467 g/mol. The molecule has 166 valence electrons. The molecule has 1 aliphatic heterocycles. The normalized spacial score (nSPS) is 26.7. The third kappa shape index (κ3) is 6.93. The van der Waals surface area contributed by atoms with Gasteiger partial charge >= 0.3 is 29.2 Å². The Morgan fingerprint density at radius 1 is 1.17 bits per heavy atom. The smallest absolute Gasteiger partial charge is 0.393 e. The van der Waals surface area contributed by atoms with Crippen LogP contribution in [-0.4, -0.2) is 53.0 Å². The maximum absolute atomic E-state index is 11.8. The molecule has 1 fully saturated rings. The van der Waals surface area contributed by atoms with Crippen molar-refractivity contribution in [1.82, 2.24) is 9.55 Å². The van der Waals surface area contributed by atoms with Crippen molar-refractivity contribution in [3.63, 3.8) is 0 Å². The van der Waals surface area contributed by atoms with Gasteiger partial charge in [0.2, 0.25) is 0 Å². The molecule has 1 aliphatic rings. The topological polar surface area (TPSA) is 270 Å². The summed E-state index contributed by atoms with van der Waals surface area (Å²) in [5.74, 6) is 0. The largest absolute Gasteiger partial charge is 0.490 e. The highest BCUT2D eigenvalue weighted by Crippen LogP contribution is 2.66. The summed E-state index contributed by atoms with van der Waals surface area (Å²) in [6, 6.07) is 0. The number of aromatic nitrogens is 2. The van der Waals surface area contributed by atoms with Crippen LogP contribution in [0.3, 0.4) is 0 Å². The molecule has 0 amide bonds. The van der Waals surface area contributed by atoms with Crippen LogP contribution < -0.4 is 17.0 Å². The van der Waals surface area contributed by atoms with Crippen molar-refractivity contribution in [2.45, 2.75) is 24.9 Å². The van der Waals surface area contributed by atoms with Gasteiger partial charge in [0.15, 0.2) is 0 Å². The molecule has 1 saturated heterocycles. The molecule has 2 heterocycles. The number of anilines is 1. The Morgan fingerprint density at radius 2 is 1.79 bits per heavy atom. The number of hydrogen-bond donors (Lipinski definition) is 7. The molecule has 17 nitrogen and oxygen atoms in total. The van der Waals surface area contributed by atoms with Crippen LogP contribution in [0.2, 0.25) is 0 Å². The highest BCUT2D eigenvalue weighted by molar-refractivity contribution is 7.66. The molecular formula is C9H16N3O14P3. The number of ether oxygens (including phenoxy) is 1. The first-order valence-electron chi connectivity index (χ1n) is 7.31. The highest BCUT2D eigenvalue weighted by Gasteiger charge is 2.42. The number of nitrogens with two attached hydrogens (primary N) is 1. The van der Waals surface area contributed by atoms with E-state index in [0.717, 1.165) is 10.8 Å². The Morgan fingerprint density at radius 3 is 2.38 bits per heavy atom. The first-order chi connectivity index (χ1) is 13.1. The molecule has 0 spiro atoms. The van der Waals surface area contributed by atoms with E-state index in [1.165, 1.54) is 0 Å². The lowest BCUT2D eigenvalue weighted by atomic mass is 10.2. The minimum absolute atomic E-state index is 0.226. The number of aliphatic hydroxyl groups excluding tert-OH is 1. The zero-order chi connectivity index (χ0) is 22.2. The van der Waals surface area contributed by atoms with E-state index in [9.17, 15) is 33.3 Å². The summed E-state index contributed by atoms with van der Waals surface area (Å²) in [5, 5.41) is 9.95. The molecule has 8 N–H and O–H groups in total. The SMILES string of the molecule is Nc1cn([C@H]2C[C@H](O)[C@@H](COP(=O)(O)OP(=O)(O)OP(=O)(O)O)O2)c(=O)[nH]c1=O. The second-order valence-corrected chi connectivity index (χ2v) is 9.99. The number of phosphoric acid groups is 3. The number of phosphoric ester groups is 1. The summed E-state index contributed by atoms with van der Waals surface area (Å²) in [5.41, 5.74) is 3.33. The van der Waals surface area contributed by atoms with Gasteiger partial charge < -0.3 is 35.2 Å². The van der Waals surface area contributed by atoms with Gasteiger partial charge in [0.25, 0.3) is 5.56 Å². The fraction of sp³-hybridized carbons (Fsp3) is 0.556. The van der Waals surface area contributed by atoms with Gasteiger partial charge in [0, 0.05) is 12.6 Å². The van der Waals surface area contributed by atoms with Crippen LogP contribution in [0.25, 0.3) is 0 Å². The predicted octanol–water partition coefficient (Wildman–Crippen LogP) is -1.89. The fourth-order valence-electron chi connectivity index (χ4n) is 2.22. The van der Waals surface area contributed by atoms with Gasteiger partial charge in [0.05, 0.1) is 12.7 Å². The third-order valence-electron chi connectivity index (χ3n) is 3.33. The molecule has 0 bridgehead atoms. The standard InChI is InChI=1S/C9H16N3O14P3/c10-4-2-12(9(15)11-8(4)14)7-1-5(13)6(24-7)3-23-28(19,20)26-29(21,22)25-27(16,17)18/h2,5-7,13H,1,3,10H2,(H,19,20)(H,21,22)(H,11,14,15)(H2,16,17,18)/t5-,6+,7+/m0/s1. The number of aliphatic hydroxyl groups is 1. The lowest BCUT2D eigenvalue weighted by Crippen LogP contribution is -2.33. The number of rotatable bonds is 8. The molecule has 0 aliphatic carbocycles. The van der Waals surface area contributed by atoms with Crippen molar-refractivity contribution in [3.05, 3.63) is 27.0 Å². The van der Waals surface area contributed by atoms with Crippen molar-refractivity contribution in [2.24, 2.45) is 0 Å². The summed E-state index contributed by atoms with van der Waals surface area (Å²) in [4.78, 5) is 60.3. The number of aromatic amines is 1. The maximum atomic E-state index is 11.8. The van der Waals surface area contributed by atoms with Gasteiger partial charge in [-0.3, -0.25) is 18.9 Å². The number of H-pyrrole nitrogens is 1. The van der Waals surface area contributed by atoms with Crippen LogP contribution in [0.4, 0.5) is 5.69 Å². The van der Waals surface area contributed by atoms with E-state index in [0.29, 0.717) is 0 Å². The molecule has 1 aromatic rings. The van der Waals surface area contributed by atoms with Crippen LogP contribution in [-0.2, 0) is 31.6 Å². The van der Waals surface area contributed by atoms with E-state index in [1.54, 1.807) is 0 Å². The van der Waals surface area contributed by atoms with Crippen LogP contribution in [0.5, 0.6) is 0 Å². The van der Waals surface area contributed by atoms with E-state index in [1.807, 2.05) is 4.98 Å². The van der Waals surface area contributed by atoms with Crippen molar-refractivity contribution >= 4 is 29.2 Å². The van der Waals surface area contributed by atoms with Crippen molar-refractivity contribution < 1.29 is 56.3 Å². The average Bonchev–Trinajstić information content (AvgIpc) is 2.86. The van der Waals surface area contributed by atoms with Crippen molar-refractivity contribution in [1.29, 1.82) is 0 Å². The Hall–Kier alpha value is -1.19. The average molecular weight is 483 g/mol. The minimum atomic E-state index is -5.69. The van der Waals surface area contributed by atoms with Gasteiger partial charge in [-0.05, 0) is 0 Å². The van der Waals surface area contributed by atoms with Crippen molar-refractivity contribution in [2.75, 3.05) is 12.3 Å². The van der Waals surface area contributed by atoms with E-state index < -0.39 is 59.8 Å². The molecule has 0 aromatic carbocycles. The summed E-state index contributed by atoms with van der Waals surface area (Å²) in [7, 11) is -16.6.